The zero-order valence-corrected chi connectivity index (χ0v) is 29.7. The molecular formula is C37H55N5O5S. The van der Waals surface area contributed by atoms with E-state index in [0.29, 0.717) is 56.8 Å². The summed E-state index contributed by atoms with van der Waals surface area (Å²) in [6, 6.07) is 7.83. The Morgan fingerprint density at radius 1 is 1.02 bits per heavy atom. The number of nitrogens with one attached hydrogen (secondary N) is 2. The lowest BCUT2D eigenvalue weighted by molar-refractivity contribution is -0.137. The van der Waals surface area contributed by atoms with E-state index in [1.165, 1.54) is 17.8 Å². The first-order chi connectivity index (χ1) is 23.1. The third-order valence-corrected chi connectivity index (χ3v) is 9.86. The summed E-state index contributed by atoms with van der Waals surface area (Å²) in [5.74, 6) is 1.15. The number of unbranched alkanes of at least 4 members (excludes halogenated alkanes) is 1. The number of hydrogen-bond donors (Lipinski definition) is 4. The summed E-state index contributed by atoms with van der Waals surface area (Å²) in [5, 5.41) is 30.0. The van der Waals surface area contributed by atoms with Crippen molar-refractivity contribution in [2.24, 2.45) is 11.8 Å². The van der Waals surface area contributed by atoms with Gasteiger partial charge in [0.25, 0.3) is 0 Å². The number of benzene rings is 1. The third kappa shape index (κ3) is 13.7. The Hall–Kier alpha value is -3.30. The quantitative estimate of drug-likeness (QED) is 0.124. The molecule has 0 bridgehead atoms. The van der Waals surface area contributed by atoms with E-state index < -0.39 is 42.0 Å². The van der Waals surface area contributed by atoms with Crippen LogP contribution in [0.5, 0.6) is 0 Å². The number of aliphatic hydroxyl groups is 2. The first-order valence-corrected chi connectivity index (χ1v) is 18.2. The topological polar surface area (TPSA) is 135 Å². The van der Waals surface area contributed by atoms with Gasteiger partial charge in [-0.15, -0.1) is 23.7 Å². The maximum absolute atomic E-state index is 14.1. The number of likely N-dealkylation sites (N-methyl/N-ethyl adjacent to an activating group) is 2. The molecule has 4 N–H and O–H groups in total. The predicted molar refractivity (Wildman–Crippen MR) is 190 cm³/mol. The third-order valence-electron chi connectivity index (χ3n) is 9.22. The van der Waals surface area contributed by atoms with Crippen molar-refractivity contribution >= 4 is 29.1 Å². The van der Waals surface area contributed by atoms with Crippen molar-refractivity contribution in [3.63, 3.8) is 0 Å². The Kier molecular flexibility index (Phi) is 17.1. The van der Waals surface area contributed by atoms with Gasteiger partial charge in [-0.2, -0.15) is 0 Å². The first-order valence-electron chi connectivity index (χ1n) is 17.3. The summed E-state index contributed by atoms with van der Waals surface area (Å²) in [6.45, 7) is 1.22. The minimum absolute atomic E-state index is 0.0113. The lowest BCUT2D eigenvalue weighted by Gasteiger charge is -2.33. The van der Waals surface area contributed by atoms with Crippen LogP contribution in [0.25, 0.3) is 0 Å². The molecule has 1 aliphatic carbocycles. The van der Waals surface area contributed by atoms with Crippen molar-refractivity contribution in [3.8, 4) is 12.3 Å². The van der Waals surface area contributed by atoms with Gasteiger partial charge in [-0.25, -0.2) is 4.98 Å². The molecule has 0 unspecified atom stereocenters. The van der Waals surface area contributed by atoms with Gasteiger partial charge in [0, 0.05) is 44.8 Å². The maximum Gasteiger partial charge on any atom is 0.243 e. The maximum atomic E-state index is 14.1. The van der Waals surface area contributed by atoms with Gasteiger partial charge in [0.2, 0.25) is 17.7 Å². The first kappa shape index (κ1) is 39.1. The highest BCUT2D eigenvalue weighted by Crippen LogP contribution is 2.29. The van der Waals surface area contributed by atoms with Gasteiger partial charge in [-0.1, -0.05) is 62.4 Å². The zero-order chi connectivity index (χ0) is 34.9. The van der Waals surface area contributed by atoms with Gasteiger partial charge in [-0.3, -0.25) is 14.4 Å². The number of carbonyl (C=O) groups is 3. The summed E-state index contributed by atoms with van der Waals surface area (Å²) in [7, 11) is 5.62. The molecule has 0 radical (unpaired) electrons. The van der Waals surface area contributed by atoms with Crippen LogP contribution in [0.3, 0.4) is 0 Å². The van der Waals surface area contributed by atoms with Gasteiger partial charge in [0.05, 0.1) is 35.4 Å². The van der Waals surface area contributed by atoms with Crippen LogP contribution < -0.4 is 10.6 Å². The molecule has 1 saturated carbocycles. The fourth-order valence-corrected chi connectivity index (χ4v) is 6.82. The van der Waals surface area contributed by atoms with Gasteiger partial charge < -0.3 is 30.6 Å². The number of nitrogens with zero attached hydrogens (tertiary/aromatic N) is 3. The van der Waals surface area contributed by atoms with E-state index in [2.05, 4.69) is 21.5 Å². The Bertz CT molecular complexity index is 1280. The summed E-state index contributed by atoms with van der Waals surface area (Å²) >= 11 is 1.40. The smallest absolute Gasteiger partial charge is 0.243 e. The van der Waals surface area contributed by atoms with Crippen LogP contribution in [0.1, 0.15) is 75.5 Å². The minimum atomic E-state index is -1.19. The van der Waals surface area contributed by atoms with Crippen LogP contribution in [0.4, 0.5) is 0 Å². The summed E-state index contributed by atoms with van der Waals surface area (Å²) in [6.07, 6.45) is 10.9. The van der Waals surface area contributed by atoms with E-state index in [0.717, 1.165) is 31.2 Å². The molecule has 1 heterocycles. The van der Waals surface area contributed by atoms with Gasteiger partial charge in [0.15, 0.2) is 0 Å². The van der Waals surface area contributed by atoms with E-state index in [1.54, 1.807) is 17.5 Å². The molecule has 1 aromatic carbocycles. The highest BCUT2D eigenvalue weighted by atomic mass is 32.1. The fraction of sp³-hybridized carbons (Fsp3) is 0.622. The molecule has 1 aromatic heterocycles. The molecule has 0 aliphatic heterocycles. The number of amides is 3. The van der Waals surface area contributed by atoms with Crippen molar-refractivity contribution in [2.75, 3.05) is 34.2 Å². The highest BCUT2D eigenvalue weighted by molar-refractivity contribution is 7.07. The van der Waals surface area contributed by atoms with E-state index in [1.807, 2.05) is 54.7 Å². The number of rotatable bonds is 20. The van der Waals surface area contributed by atoms with Crippen molar-refractivity contribution < 1.29 is 24.6 Å². The lowest BCUT2D eigenvalue weighted by Crippen LogP contribution is -2.56. The average Bonchev–Trinajstić information content (AvgIpc) is 3.60. The molecule has 264 valence electrons. The monoisotopic (exact) mass is 681 g/mol. The number of aliphatic hydroxyl groups excluding tert-OH is 2. The van der Waals surface area contributed by atoms with Crippen molar-refractivity contribution in [3.05, 3.63) is 52.5 Å². The molecule has 5 atom stereocenters. The highest BCUT2D eigenvalue weighted by Gasteiger charge is 2.34. The number of thiazole rings is 1. The Balaban J connectivity index is 1.82. The fourth-order valence-electron chi connectivity index (χ4n) is 6.25. The molecule has 3 amide bonds. The Morgan fingerprint density at radius 2 is 1.75 bits per heavy atom. The molecule has 0 spiro atoms. The normalized spacial score (nSPS) is 16.7. The van der Waals surface area contributed by atoms with Gasteiger partial charge >= 0.3 is 0 Å². The SMILES string of the molecule is C#CCCC[C@H](O)[C@H](O)[C@H](CC1CCCCC1)NC(=O)[C@H](Cc1cscn1)NC(=O)[C@@H](CC(=O)N(C)CCN(C)C)Cc1ccccc1. The van der Waals surface area contributed by atoms with E-state index in [9.17, 15) is 24.6 Å². The van der Waals surface area contributed by atoms with E-state index in [4.69, 9.17) is 6.42 Å². The molecule has 48 heavy (non-hydrogen) atoms. The van der Waals surface area contributed by atoms with Gasteiger partial charge in [0.1, 0.15) is 6.04 Å². The van der Waals surface area contributed by atoms with Crippen molar-refractivity contribution in [1.29, 1.82) is 0 Å². The lowest BCUT2D eigenvalue weighted by atomic mass is 9.82. The summed E-state index contributed by atoms with van der Waals surface area (Å²) in [4.78, 5) is 49.3. The second kappa shape index (κ2) is 20.9. The second-order valence-electron chi connectivity index (χ2n) is 13.5. The number of aromatic nitrogens is 1. The molecule has 3 rings (SSSR count). The molecule has 1 fully saturated rings. The van der Waals surface area contributed by atoms with E-state index in [-0.39, 0.29) is 18.7 Å². The second-order valence-corrected chi connectivity index (χ2v) is 14.2. The van der Waals surface area contributed by atoms with Crippen LogP contribution in [0.15, 0.2) is 41.2 Å². The molecule has 10 nitrogen and oxygen atoms in total. The van der Waals surface area contributed by atoms with Crippen LogP contribution in [0, 0.1) is 24.2 Å². The molecule has 0 saturated heterocycles. The molecular weight excluding hydrogens is 627 g/mol. The van der Waals surface area contributed by atoms with Gasteiger partial charge in [-0.05, 0) is 51.3 Å². The zero-order valence-electron chi connectivity index (χ0n) is 28.9. The van der Waals surface area contributed by atoms with Crippen LogP contribution in [-0.2, 0) is 27.2 Å². The van der Waals surface area contributed by atoms with Crippen LogP contribution >= 0.6 is 11.3 Å². The molecule has 11 heteroatoms. The standard InChI is InChI=1S/C37H55N5O5S/c1-5-6-9-18-33(43)35(45)31(22-28-16-12-8-13-17-28)39-37(47)32(24-30-25-48-26-38-30)40-36(46)29(21-27-14-10-7-11-15-27)23-34(44)42(4)20-19-41(2)3/h1,7,10-11,14-15,25-26,28-29,31-33,35,43,45H,6,8-9,12-13,16-24H2,2-4H3,(H,39,47)(H,40,46)/t29-,31+,32+,33+,35-/m1/s1. The molecule has 1 aliphatic rings. The van der Waals surface area contributed by atoms with Crippen LogP contribution in [0.2, 0.25) is 0 Å². The predicted octanol–water partition coefficient (Wildman–Crippen LogP) is 3.42. The largest absolute Gasteiger partial charge is 0.390 e. The minimum Gasteiger partial charge on any atom is -0.390 e. The summed E-state index contributed by atoms with van der Waals surface area (Å²) in [5.41, 5.74) is 3.24. The van der Waals surface area contributed by atoms with Crippen LogP contribution in [-0.4, -0.2) is 101 Å². The summed E-state index contributed by atoms with van der Waals surface area (Å²) < 4.78 is 0. The average molecular weight is 682 g/mol. The number of terminal acetylenes is 1. The number of hydrogen-bond acceptors (Lipinski definition) is 8. The number of carbonyl (C=O) groups excluding carboxylic acids is 3. The van der Waals surface area contributed by atoms with Crippen molar-refractivity contribution in [1.82, 2.24) is 25.4 Å². The Labute approximate surface area is 290 Å². The van der Waals surface area contributed by atoms with Crippen molar-refractivity contribution in [2.45, 2.75) is 101 Å². The van der Waals surface area contributed by atoms with E-state index >= 15 is 0 Å². The molecule has 2 aromatic rings. The Morgan fingerprint density at radius 3 is 2.40 bits per heavy atom.